The van der Waals surface area contributed by atoms with Crippen LogP contribution in [0.2, 0.25) is 0 Å². The van der Waals surface area contributed by atoms with Gasteiger partial charge in [0.25, 0.3) is 0 Å². The number of hydrogen-bond donors (Lipinski definition) is 1. The van der Waals surface area contributed by atoms with E-state index in [1.165, 1.54) is 10.9 Å². The van der Waals surface area contributed by atoms with E-state index in [0.717, 1.165) is 0 Å². The molecule has 0 saturated carbocycles. The van der Waals surface area contributed by atoms with Crippen LogP contribution in [-0.4, -0.2) is 34.5 Å². The molecule has 0 fully saturated rings. The number of hydrogen-bond acceptors (Lipinski definition) is 4. The van der Waals surface area contributed by atoms with Gasteiger partial charge in [0.05, 0.1) is 11.9 Å². The minimum absolute atomic E-state index is 0.296. The highest BCUT2D eigenvalue weighted by Crippen LogP contribution is 2.17. The summed E-state index contributed by atoms with van der Waals surface area (Å²) < 4.78 is 25.4. The van der Waals surface area contributed by atoms with Crippen molar-refractivity contribution in [1.29, 1.82) is 0 Å². The molecule has 1 aromatic heterocycles. The summed E-state index contributed by atoms with van der Waals surface area (Å²) in [5.41, 5.74) is 0.499. The monoisotopic (exact) mass is 260 g/mol. The minimum atomic E-state index is -3.71. The Labute approximate surface area is 100 Å². The van der Waals surface area contributed by atoms with E-state index in [2.05, 4.69) is 5.10 Å². The van der Waals surface area contributed by atoms with Crippen molar-refractivity contribution in [2.45, 2.75) is 24.9 Å². The number of aryl methyl sites for hydroxylation is 1. The molecule has 1 aromatic rings. The maximum absolute atomic E-state index is 12.0. The molecular weight excluding hydrogens is 244 g/mol. The number of carboxylic acid groups (broad SMARTS) is 1. The molecule has 1 N–H and O–H groups in total. The van der Waals surface area contributed by atoms with Gasteiger partial charge in [-0.25, -0.2) is 8.42 Å². The van der Waals surface area contributed by atoms with E-state index in [-0.39, 0.29) is 5.75 Å². The molecule has 0 aliphatic heterocycles. The van der Waals surface area contributed by atoms with Gasteiger partial charge in [-0.05, 0) is 5.92 Å². The van der Waals surface area contributed by atoms with Gasteiger partial charge in [-0.3, -0.25) is 9.48 Å². The van der Waals surface area contributed by atoms with E-state index in [4.69, 9.17) is 5.11 Å². The number of sulfone groups is 1. The van der Waals surface area contributed by atoms with Crippen LogP contribution in [0.5, 0.6) is 0 Å². The van der Waals surface area contributed by atoms with Crippen LogP contribution in [0.25, 0.3) is 0 Å². The molecule has 0 aromatic carbocycles. The Morgan fingerprint density at radius 3 is 2.47 bits per heavy atom. The fraction of sp³-hybridized carbons (Fsp3) is 0.600. The Morgan fingerprint density at radius 1 is 1.53 bits per heavy atom. The van der Waals surface area contributed by atoms with Gasteiger partial charge in [-0.1, -0.05) is 13.8 Å². The molecule has 17 heavy (non-hydrogen) atoms. The lowest BCUT2D eigenvalue weighted by molar-refractivity contribution is -0.137. The van der Waals surface area contributed by atoms with Gasteiger partial charge in [-0.15, -0.1) is 0 Å². The number of aromatic nitrogens is 2. The molecule has 0 aliphatic carbocycles. The maximum Gasteiger partial charge on any atom is 0.322 e. The normalized spacial score (nSPS) is 13.9. The Bertz CT molecular complexity index is 504. The highest BCUT2D eigenvalue weighted by Gasteiger charge is 2.35. The Hall–Kier alpha value is -1.37. The molecular formula is C10H16N2O4S. The Balaban J connectivity index is 2.98. The lowest BCUT2D eigenvalue weighted by Gasteiger charge is -2.16. The second-order valence-electron chi connectivity index (χ2n) is 4.33. The first-order valence-electron chi connectivity index (χ1n) is 5.16. The average Bonchev–Trinajstić information content (AvgIpc) is 2.47. The van der Waals surface area contributed by atoms with Crippen LogP contribution >= 0.6 is 0 Å². The Morgan fingerprint density at radius 2 is 2.12 bits per heavy atom. The lowest BCUT2D eigenvalue weighted by atomic mass is 10.1. The molecule has 6 nitrogen and oxygen atoms in total. The van der Waals surface area contributed by atoms with E-state index >= 15 is 0 Å². The minimum Gasteiger partial charge on any atom is -0.480 e. The van der Waals surface area contributed by atoms with Gasteiger partial charge in [0, 0.05) is 18.8 Å². The zero-order chi connectivity index (χ0) is 13.2. The van der Waals surface area contributed by atoms with Gasteiger partial charge in [0.2, 0.25) is 0 Å². The van der Waals surface area contributed by atoms with E-state index < -0.39 is 27.0 Å². The van der Waals surface area contributed by atoms with Gasteiger partial charge in [0.1, 0.15) is 0 Å². The third-order valence-electron chi connectivity index (χ3n) is 2.36. The SMILES string of the molecule is CC(C)C(C(=O)O)S(=O)(=O)Cc1cnn(C)c1. The smallest absolute Gasteiger partial charge is 0.322 e. The average molecular weight is 260 g/mol. The molecule has 7 heteroatoms. The quantitative estimate of drug-likeness (QED) is 0.830. The van der Waals surface area contributed by atoms with Crippen molar-refractivity contribution in [2.24, 2.45) is 13.0 Å². The molecule has 0 spiro atoms. The molecule has 1 unspecified atom stereocenters. The van der Waals surface area contributed by atoms with Crippen molar-refractivity contribution in [3.63, 3.8) is 0 Å². The van der Waals surface area contributed by atoms with Crippen LogP contribution in [0.4, 0.5) is 0 Å². The van der Waals surface area contributed by atoms with E-state index in [1.807, 2.05) is 0 Å². The molecule has 96 valence electrons. The largest absolute Gasteiger partial charge is 0.480 e. The molecule has 0 saturated heterocycles. The van der Waals surface area contributed by atoms with Gasteiger partial charge >= 0.3 is 5.97 Å². The first kappa shape index (κ1) is 13.7. The topological polar surface area (TPSA) is 89.3 Å². The van der Waals surface area contributed by atoms with Crippen LogP contribution in [0.3, 0.4) is 0 Å². The Kier molecular flexibility index (Phi) is 3.92. The van der Waals surface area contributed by atoms with Crippen molar-refractivity contribution in [1.82, 2.24) is 9.78 Å². The fourth-order valence-electron chi connectivity index (χ4n) is 1.72. The molecule has 0 amide bonds. The summed E-state index contributed by atoms with van der Waals surface area (Å²) in [5, 5.41) is 11.4. The second kappa shape index (κ2) is 4.87. The lowest BCUT2D eigenvalue weighted by Crippen LogP contribution is -2.35. The van der Waals surface area contributed by atoms with Crippen molar-refractivity contribution in [3.05, 3.63) is 18.0 Å². The highest BCUT2D eigenvalue weighted by atomic mass is 32.2. The first-order chi connectivity index (χ1) is 7.74. The fourth-order valence-corrected chi connectivity index (χ4v) is 3.65. The van der Waals surface area contributed by atoms with E-state index in [1.54, 1.807) is 27.1 Å². The van der Waals surface area contributed by atoms with Crippen LogP contribution in [0, 0.1) is 5.92 Å². The standard InChI is InChI=1S/C10H16N2O4S/c1-7(2)9(10(13)14)17(15,16)6-8-4-11-12(3)5-8/h4-5,7,9H,6H2,1-3H3,(H,13,14). The molecule has 0 radical (unpaired) electrons. The zero-order valence-electron chi connectivity index (χ0n) is 9.99. The number of rotatable bonds is 5. The van der Waals surface area contributed by atoms with Crippen molar-refractivity contribution in [2.75, 3.05) is 0 Å². The summed E-state index contributed by atoms with van der Waals surface area (Å²) in [6, 6.07) is 0. The number of aliphatic carboxylic acids is 1. The summed E-state index contributed by atoms with van der Waals surface area (Å²) in [6.07, 6.45) is 2.99. The van der Waals surface area contributed by atoms with Gasteiger partial charge in [-0.2, -0.15) is 5.10 Å². The number of carboxylic acids is 1. The first-order valence-corrected chi connectivity index (χ1v) is 6.87. The second-order valence-corrected chi connectivity index (χ2v) is 6.45. The zero-order valence-corrected chi connectivity index (χ0v) is 10.8. The van der Waals surface area contributed by atoms with Crippen LogP contribution < -0.4 is 0 Å². The van der Waals surface area contributed by atoms with Crippen molar-refractivity contribution < 1.29 is 18.3 Å². The number of nitrogens with zero attached hydrogens (tertiary/aromatic N) is 2. The van der Waals surface area contributed by atoms with Crippen molar-refractivity contribution >= 4 is 15.8 Å². The summed E-state index contributed by atoms with van der Waals surface area (Å²) in [4.78, 5) is 11.0. The maximum atomic E-state index is 12.0. The van der Waals surface area contributed by atoms with Gasteiger partial charge in [0.15, 0.2) is 15.1 Å². The van der Waals surface area contributed by atoms with Crippen LogP contribution in [0.1, 0.15) is 19.4 Å². The summed E-state index contributed by atoms with van der Waals surface area (Å²) >= 11 is 0. The highest BCUT2D eigenvalue weighted by molar-refractivity contribution is 7.92. The molecule has 1 rings (SSSR count). The van der Waals surface area contributed by atoms with Crippen LogP contribution in [-0.2, 0) is 27.4 Å². The summed E-state index contributed by atoms with van der Waals surface area (Å²) in [6.45, 7) is 3.17. The number of carbonyl (C=O) groups is 1. The third kappa shape index (κ3) is 3.29. The third-order valence-corrected chi connectivity index (χ3v) is 4.62. The van der Waals surface area contributed by atoms with E-state index in [0.29, 0.717) is 5.56 Å². The molecule has 0 bridgehead atoms. The predicted octanol–water partition coefficient (Wildman–Crippen LogP) is 0.444. The van der Waals surface area contributed by atoms with Gasteiger partial charge < -0.3 is 5.11 Å². The summed E-state index contributed by atoms with van der Waals surface area (Å²) in [7, 11) is -2.04. The molecule has 1 atom stereocenters. The molecule has 0 aliphatic rings. The van der Waals surface area contributed by atoms with E-state index in [9.17, 15) is 13.2 Å². The summed E-state index contributed by atoms with van der Waals surface area (Å²) in [5.74, 6) is -2.06. The predicted molar refractivity (Wildman–Crippen MR) is 62.1 cm³/mol. The molecule has 1 heterocycles. The van der Waals surface area contributed by atoms with Crippen LogP contribution in [0.15, 0.2) is 12.4 Å². The van der Waals surface area contributed by atoms with Crippen molar-refractivity contribution in [3.8, 4) is 0 Å².